The molecule has 1 aliphatic rings. The van der Waals surface area contributed by atoms with E-state index in [0.717, 1.165) is 0 Å². The van der Waals surface area contributed by atoms with Crippen LogP contribution < -0.4 is 5.32 Å². The maximum Gasteiger partial charge on any atom is 0.323 e. The first kappa shape index (κ1) is 9.45. The van der Waals surface area contributed by atoms with Gasteiger partial charge >= 0.3 is 5.97 Å². The lowest BCUT2D eigenvalue weighted by atomic mass is 10.2. The first-order valence-corrected chi connectivity index (χ1v) is 4.17. The number of ether oxygens (including phenoxy) is 1. The summed E-state index contributed by atoms with van der Waals surface area (Å²) in [5.74, 6) is -0.342. The SMILES string of the molecule is CC(C)OC(=O)[C@@H]1C[C@@H](F)CN1. The Bertz CT molecular complexity index is 172. The molecule has 0 bridgehead atoms. The zero-order chi connectivity index (χ0) is 9.14. The van der Waals surface area contributed by atoms with Crippen molar-refractivity contribution >= 4 is 5.97 Å². The Morgan fingerprint density at radius 2 is 2.33 bits per heavy atom. The van der Waals surface area contributed by atoms with Gasteiger partial charge in [0.2, 0.25) is 0 Å². The van der Waals surface area contributed by atoms with Crippen LogP contribution in [0.2, 0.25) is 0 Å². The highest BCUT2D eigenvalue weighted by molar-refractivity contribution is 5.76. The summed E-state index contributed by atoms with van der Waals surface area (Å²) in [6.45, 7) is 3.82. The van der Waals surface area contributed by atoms with Gasteiger partial charge in [-0.3, -0.25) is 4.79 Å². The van der Waals surface area contributed by atoms with Gasteiger partial charge in [0.25, 0.3) is 0 Å². The molecule has 4 heteroatoms. The van der Waals surface area contributed by atoms with Gasteiger partial charge in [-0.15, -0.1) is 0 Å². The molecule has 3 nitrogen and oxygen atoms in total. The van der Waals surface area contributed by atoms with Gasteiger partial charge in [0, 0.05) is 13.0 Å². The normalized spacial score (nSPS) is 29.3. The molecule has 0 aliphatic carbocycles. The van der Waals surface area contributed by atoms with Crippen molar-refractivity contribution < 1.29 is 13.9 Å². The van der Waals surface area contributed by atoms with Crippen LogP contribution in [0.3, 0.4) is 0 Å². The first-order valence-electron chi connectivity index (χ1n) is 4.17. The largest absolute Gasteiger partial charge is 0.462 e. The minimum Gasteiger partial charge on any atom is -0.462 e. The molecule has 12 heavy (non-hydrogen) atoms. The number of halogens is 1. The molecule has 1 rings (SSSR count). The van der Waals surface area contributed by atoms with E-state index in [0.29, 0.717) is 0 Å². The van der Waals surface area contributed by atoms with Crippen molar-refractivity contribution in [3.05, 3.63) is 0 Å². The van der Waals surface area contributed by atoms with Crippen LogP contribution >= 0.6 is 0 Å². The number of nitrogens with one attached hydrogen (secondary N) is 1. The number of hydrogen-bond donors (Lipinski definition) is 1. The number of esters is 1. The quantitative estimate of drug-likeness (QED) is 0.626. The van der Waals surface area contributed by atoms with E-state index in [9.17, 15) is 9.18 Å². The monoisotopic (exact) mass is 175 g/mol. The molecule has 0 aromatic rings. The van der Waals surface area contributed by atoms with Gasteiger partial charge in [-0.05, 0) is 13.8 Å². The first-order chi connectivity index (χ1) is 5.59. The second-order valence-electron chi connectivity index (χ2n) is 3.28. The van der Waals surface area contributed by atoms with Crippen LogP contribution in [-0.2, 0) is 9.53 Å². The Hall–Kier alpha value is -0.640. The molecule has 0 amide bonds. The molecule has 70 valence electrons. The van der Waals surface area contributed by atoms with Gasteiger partial charge in [0.1, 0.15) is 12.2 Å². The molecule has 1 heterocycles. The fourth-order valence-corrected chi connectivity index (χ4v) is 1.19. The van der Waals surface area contributed by atoms with Crippen molar-refractivity contribution in [2.24, 2.45) is 0 Å². The molecule has 0 radical (unpaired) electrons. The van der Waals surface area contributed by atoms with Crippen molar-refractivity contribution in [3.8, 4) is 0 Å². The number of carbonyl (C=O) groups excluding carboxylic acids is 1. The molecule has 0 unspecified atom stereocenters. The Morgan fingerprint density at radius 3 is 2.75 bits per heavy atom. The molecule has 1 aliphatic heterocycles. The molecule has 0 aromatic carbocycles. The average Bonchev–Trinajstić information content (AvgIpc) is 2.34. The van der Waals surface area contributed by atoms with Gasteiger partial charge in [0.05, 0.1) is 6.10 Å². The van der Waals surface area contributed by atoms with Gasteiger partial charge in [-0.1, -0.05) is 0 Å². The third-order valence-corrected chi connectivity index (χ3v) is 1.71. The molecule has 0 saturated carbocycles. The van der Waals surface area contributed by atoms with E-state index < -0.39 is 12.2 Å². The number of carbonyl (C=O) groups is 1. The van der Waals surface area contributed by atoms with Crippen molar-refractivity contribution in [2.75, 3.05) is 6.54 Å². The van der Waals surface area contributed by atoms with Crippen molar-refractivity contribution in [3.63, 3.8) is 0 Å². The Kier molecular flexibility index (Phi) is 3.03. The Labute approximate surface area is 71.3 Å². The van der Waals surface area contributed by atoms with Gasteiger partial charge in [0.15, 0.2) is 0 Å². The summed E-state index contributed by atoms with van der Waals surface area (Å²) in [6.07, 6.45) is -0.793. The van der Waals surface area contributed by atoms with Crippen LogP contribution in [0.5, 0.6) is 0 Å². The van der Waals surface area contributed by atoms with E-state index in [-0.39, 0.29) is 25.0 Å². The molecule has 1 N–H and O–H groups in total. The molecule has 1 saturated heterocycles. The van der Waals surface area contributed by atoms with E-state index in [1.54, 1.807) is 13.8 Å². The minimum atomic E-state index is -0.908. The molecule has 0 aromatic heterocycles. The van der Waals surface area contributed by atoms with E-state index in [2.05, 4.69) is 5.32 Å². The van der Waals surface area contributed by atoms with Crippen LogP contribution in [0.15, 0.2) is 0 Å². The maximum absolute atomic E-state index is 12.6. The summed E-state index contributed by atoms with van der Waals surface area (Å²) in [4.78, 5) is 11.1. The summed E-state index contributed by atoms with van der Waals surface area (Å²) < 4.78 is 17.5. The van der Waals surface area contributed by atoms with Crippen molar-refractivity contribution in [1.29, 1.82) is 0 Å². The van der Waals surface area contributed by atoms with Crippen LogP contribution in [0, 0.1) is 0 Å². The summed E-state index contributed by atoms with van der Waals surface area (Å²) >= 11 is 0. The van der Waals surface area contributed by atoms with Crippen LogP contribution in [-0.4, -0.2) is 30.8 Å². The second-order valence-corrected chi connectivity index (χ2v) is 3.28. The predicted molar refractivity (Wildman–Crippen MR) is 42.5 cm³/mol. The van der Waals surface area contributed by atoms with Gasteiger partial charge < -0.3 is 10.1 Å². The fourth-order valence-electron chi connectivity index (χ4n) is 1.19. The molecular weight excluding hydrogens is 161 g/mol. The molecule has 1 fully saturated rings. The maximum atomic E-state index is 12.6. The Morgan fingerprint density at radius 1 is 1.67 bits per heavy atom. The van der Waals surface area contributed by atoms with Gasteiger partial charge in [-0.25, -0.2) is 4.39 Å². The van der Waals surface area contributed by atoms with E-state index in [4.69, 9.17) is 4.74 Å². The van der Waals surface area contributed by atoms with Crippen LogP contribution in [0.4, 0.5) is 4.39 Å². The number of rotatable bonds is 2. The Balaban J connectivity index is 2.33. The summed E-state index contributed by atoms with van der Waals surface area (Å²) in [5.41, 5.74) is 0. The average molecular weight is 175 g/mol. The van der Waals surface area contributed by atoms with Crippen molar-refractivity contribution in [2.45, 2.75) is 38.6 Å². The lowest BCUT2D eigenvalue weighted by Gasteiger charge is -2.12. The topological polar surface area (TPSA) is 38.3 Å². The van der Waals surface area contributed by atoms with E-state index in [1.807, 2.05) is 0 Å². The zero-order valence-electron chi connectivity index (χ0n) is 7.34. The highest BCUT2D eigenvalue weighted by atomic mass is 19.1. The lowest BCUT2D eigenvalue weighted by molar-refractivity contribution is -0.149. The van der Waals surface area contributed by atoms with Crippen LogP contribution in [0.25, 0.3) is 0 Å². The minimum absolute atomic E-state index is 0.127. The molecule has 0 spiro atoms. The van der Waals surface area contributed by atoms with Crippen LogP contribution in [0.1, 0.15) is 20.3 Å². The zero-order valence-corrected chi connectivity index (χ0v) is 7.34. The van der Waals surface area contributed by atoms with E-state index in [1.165, 1.54) is 0 Å². The third kappa shape index (κ3) is 2.44. The summed E-state index contributed by atoms with van der Waals surface area (Å²) in [6, 6.07) is -0.442. The number of alkyl halides is 1. The molecular formula is C8H14FNO2. The van der Waals surface area contributed by atoms with E-state index >= 15 is 0 Å². The number of hydrogen-bond acceptors (Lipinski definition) is 3. The second kappa shape index (κ2) is 3.85. The fraction of sp³-hybridized carbons (Fsp3) is 0.875. The highest BCUT2D eigenvalue weighted by Crippen LogP contribution is 2.11. The van der Waals surface area contributed by atoms with Gasteiger partial charge in [-0.2, -0.15) is 0 Å². The molecule has 2 atom stereocenters. The summed E-state index contributed by atoms with van der Waals surface area (Å²) in [5, 5.41) is 2.76. The third-order valence-electron chi connectivity index (χ3n) is 1.71. The van der Waals surface area contributed by atoms with Crippen molar-refractivity contribution in [1.82, 2.24) is 5.32 Å². The smallest absolute Gasteiger partial charge is 0.323 e. The lowest BCUT2D eigenvalue weighted by Crippen LogP contribution is -2.33. The summed E-state index contributed by atoms with van der Waals surface area (Å²) in [7, 11) is 0. The predicted octanol–water partition coefficient (Wildman–Crippen LogP) is 0.638. The highest BCUT2D eigenvalue weighted by Gasteiger charge is 2.30. The standard InChI is InChI=1S/C8H14FNO2/c1-5(2)12-8(11)7-3-6(9)4-10-7/h5-7,10H,3-4H2,1-2H3/t6-,7+/m1/s1.